The number of Topliss-reactive ketones (excluding diaryl/α,β-unsaturated/α-hetero) is 1. The molecule has 1 saturated carbocycles. The molecule has 3 aromatic carbocycles. The highest BCUT2D eigenvalue weighted by atomic mass is 32.2. The normalized spacial score (nSPS) is 15.8. The minimum atomic E-state index is -3.98. The minimum Gasteiger partial charge on any atom is -0.454 e. The molecule has 1 aliphatic heterocycles. The lowest BCUT2D eigenvalue weighted by molar-refractivity contribution is -0.120. The van der Waals surface area contributed by atoms with Gasteiger partial charge < -0.3 is 19.7 Å². The van der Waals surface area contributed by atoms with Crippen LogP contribution in [0.25, 0.3) is 11.1 Å². The summed E-state index contributed by atoms with van der Waals surface area (Å²) in [5.74, 6) is 1.54. The number of aliphatic hydroxyl groups excluding tert-OH is 2. The highest BCUT2D eigenvalue weighted by Crippen LogP contribution is 2.51. The molecule has 39 heavy (non-hydrogen) atoms. The third-order valence-electron chi connectivity index (χ3n) is 7.73. The number of ketones is 1. The van der Waals surface area contributed by atoms with E-state index in [1.807, 2.05) is 43.3 Å². The van der Waals surface area contributed by atoms with Gasteiger partial charge in [0.1, 0.15) is 5.78 Å². The Kier molecular flexibility index (Phi) is 7.05. The van der Waals surface area contributed by atoms with Crippen molar-refractivity contribution in [2.24, 2.45) is 0 Å². The number of aliphatic hydroxyl groups is 2. The molecule has 3 N–H and O–H groups in total. The first-order chi connectivity index (χ1) is 18.5. The maximum atomic E-state index is 13.5. The minimum absolute atomic E-state index is 0. The number of ether oxygens (including phenoxy) is 2. The Bertz CT molecular complexity index is 1550. The average molecular weight is 558 g/mol. The fourth-order valence-electron chi connectivity index (χ4n) is 5.10. The van der Waals surface area contributed by atoms with Crippen LogP contribution in [0.15, 0.2) is 59.5 Å². The molecule has 0 atom stereocenters. The summed E-state index contributed by atoms with van der Waals surface area (Å²) in [7, 11) is -3.98. The van der Waals surface area contributed by atoms with Gasteiger partial charge in [-0.2, -0.15) is 0 Å². The number of fused-ring (bicyclic) bond motifs is 1. The smallest absolute Gasteiger partial charge is 0.241 e. The van der Waals surface area contributed by atoms with Crippen molar-refractivity contribution >= 4 is 15.8 Å². The van der Waals surface area contributed by atoms with Crippen LogP contribution in [0.2, 0.25) is 0 Å². The number of hydrogen-bond acceptors (Lipinski definition) is 7. The summed E-state index contributed by atoms with van der Waals surface area (Å²) in [6.45, 7) is 4.23. The lowest BCUT2D eigenvalue weighted by Crippen LogP contribution is -2.51. The molecule has 1 fully saturated rings. The molecule has 0 bridgehead atoms. The monoisotopic (exact) mass is 557 g/mol. The van der Waals surface area contributed by atoms with Crippen LogP contribution in [0.4, 0.5) is 0 Å². The van der Waals surface area contributed by atoms with Gasteiger partial charge in [0.05, 0.1) is 29.1 Å². The maximum Gasteiger partial charge on any atom is 0.241 e. The summed E-state index contributed by atoms with van der Waals surface area (Å²) in [5, 5.41) is 19.0. The van der Waals surface area contributed by atoms with Gasteiger partial charge in [-0.1, -0.05) is 36.4 Å². The number of carbonyl (C=O) groups excluding carboxylic acids is 1. The first kappa shape index (κ1) is 27.3. The van der Waals surface area contributed by atoms with Gasteiger partial charge in [-0.15, -0.1) is 0 Å². The lowest BCUT2D eigenvalue weighted by atomic mass is 9.87. The number of rotatable bonds is 10. The van der Waals surface area contributed by atoms with Gasteiger partial charge in [0.15, 0.2) is 11.5 Å². The molecule has 0 unspecified atom stereocenters. The van der Waals surface area contributed by atoms with E-state index in [-0.39, 0.29) is 28.2 Å². The van der Waals surface area contributed by atoms with Crippen LogP contribution in [0.1, 0.15) is 46.3 Å². The molecule has 0 spiro atoms. The molecule has 1 heterocycles. The number of hydrogen-bond donors (Lipinski definition) is 3. The molecule has 1 aliphatic carbocycles. The first-order valence-corrected chi connectivity index (χ1v) is 14.4. The largest absolute Gasteiger partial charge is 0.454 e. The molecule has 2 aliphatic rings. The Morgan fingerprint density at radius 2 is 1.69 bits per heavy atom. The van der Waals surface area contributed by atoms with Gasteiger partial charge in [-0.25, -0.2) is 13.1 Å². The zero-order chi connectivity index (χ0) is 28.0. The van der Waals surface area contributed by atoms with Crippen molar-refractivity contribution in [3.05, 3.63) is 76.9 Å². The van der Waals surface area contributed by atoms with E-state index in [2.05, 4.69) is 4.72 Å². The zero-order valence-corrected chi connectivity index (χ0v) is 23.1. The highest BCUT2D eigenvalue weighted by Gasteiger charge is 2.50. The lowest BCUT2D eigenvalue weighted by Gasteiger charge is -2.26. The Labute approximate surface area is 233 Å². The topological polar surface area (TPSA) is 122 Å². The van der Waals surface area contributed by atoms with Gasteiger partial charge in [0.25, 0.3) is 0 Å². The van der Waals surface area contributed by atoms with E-state index >= 15 is 0 Å². The van der Waals surface area contributed by atoms with Crippen LogP contribution >= 0.6 is 0 Å². The number of carbonyl (C=O) groups is 1. The summed E-state index contributed by atoms with van der Waals surface area (Å²) >= 11 is 0. The fraction of sp³-hybridized carbons (Fsp3) is 0.367. The van der Waals surface area contributed by atoms with Crippen molar-refractivity contribution in [3.63, 3.8) is 0 Å². The molecule has 5 rings (SSSR count). The Balaban J connectivity index is 0.00000205. The van der Waals surface area contributed by atoms with Crippen molar-refractivity contribution in [1.29, 1.82) is 0 Å². The van der Waals surface area contributed by atoms with E-state index in [0.717, 1.165) is 40.7 Å². The van der Waals surface area contributed by atoms with Crippen LogP contribution in [0, 0.1) is 13.8 Å². The third kappa shape index (κ3) is 5.19. The second-order valence-corrected chi connectivity index (χ2v) is 12.5. The Morgan fingerprint density at radius 1 is 0.974 bits per heavy atom. The van der Waals surface area contributed by atoms with Gasteiger partial charge in [-0.05, 0) is 85.2 Å². The van der Waals surface area contributed by atoms with Gasteiger partial charge in [0.2, 0.25) is 16.8 Å². The summed E-state index contributed by atoms with van der Waals surface area (Å²) in [5.41, 5.74) is 3.27. The van der Waals surface area contributed by atoms with Crippen LogP contribution in [-0.2, 0) is 26.7 Å². The second-order valence-electron chi connectivity index (χ2n) is 10.9. The molecular formula is C30H39NO7S. The van der Waals surface area contributed by atoms with E-state index in [1.54, 1.807) is 19.1 Å². The maximum absolute atomic E-state index is 13.5. The number of benzene rings is 3. The van der Waals surface area contributed by atoms with E-state index in [4.69, 9.17) is 9.47 Å². The third-order valence-corrected chi connectivity index (χ3v) is 9.53. The number of sulfonamides is 1. The van der Waals surface area contributed by atoms with Crippen LogP contribution in [0.5, 0.6) is 11.5 Å². The van der Waals surface area contributed by atoms with Gasteiger partial charge >= 0.3 is 0 Å². The summed E-state index contributed by atoms with van der Waals surface area (Å²) in [6.07, 6.45) is 1.90. The molecule has 0 radical (unpaired) electrons. The fourth-order valence-corrected chi connectivity index (χ4v) is 6.72. The van der Waals surface area contributed by atoms with E-state index < -0.39 is 34.2 Å². The number of aryl methyl sites for hydroxylation is 2. The SMILES string of the molecule is Cc1ccc(CC(=O)C2(c3ccc4c(c3)OCO4)CC2)cc1-c1ccc(S(=O)(=O)NC(C)(CO)CO)c(C)c1.[HH].[HH].[HH]. The predicted octanol–water partition coefficient (Wildman–Crippen LogP) is 4.30. The van der Waals surface area contributed by atoms with Crippen molar-refractivity contribution < 1.29 is 37.2 Å². The summed E-state index contributed by atoms with van der Waals surface area (Å²) in [6, 6.07) is 16.7. The molecule has 0 amide bonds. The van der Waals surface area contributed by atoms with E-state index in [0.29, 0.717) is 17.1 Å². The van der Waals surface area contributed by atoms with Crippen molar-refractivity contribution in [2.45, 2.75) is 55.9 Å². The molecule has 0 aromatic heterocycles. The van der Waals surface area contributed by atoms with Crippen molar-refractivity contribution in [1.82, 2.24) is 4.72 Å². The Hall–Kier alpha value is -3.24. The van der Waals surface area contributed by atoms with Crippen LogP contribution < -0.4 is 14.2 Å². The van der Waals surface area contributed by atoms with Crippen molar-refractivity contribution in [3.8, 4) is 22.6 Å². The quantitative estimate of drug-likeness (QED) is 0.340. The van der Waals surface area contributed by atoms with E-state index in [1.165, 1.54) is 13.0 Å². The molecule has 0 saturated heterocycles. The standard InChI is InChI=1S/C30H33NO7S.3H2/c1-19-4-5-21(14-28(34)30(10-11-30)23-7-8-25-26(15-23)38-18-37-25)13-24(19)22-6-9-27(20(2)12-22)39(35,36)31-29(3,16-32)17-33;;;/h4-9,12-13,15,31-33H,10-11,14,16-18H2,1-3H3;3*1H. The highest BCUT2D eigenvalue weighted by molar-refractivity contribution is 7.89. The van der Waals surface area contributed by atoms with Crippen molar-refractivity contribution in [2.75, 3.05) is 20.0 Å². The van der Waals surface area contributed by atoms with Gasteiger partial charge in [-0.3, -0.25) is 4.79 Å². The number of nitrogens with one attached hydrogen (secondary N) is 1. The molecule has 8 nitrogen and oxygen atoms in total. The molecule has 212 valence electrons. The van der Waals surface area contributed by atoms with E-state index in [9.17, 15) is 23.4 Å². The zero-order valence-electron chi connectivity index (χ0n) is 22.3. The molecular weight excluding hydrogens is 518 g/mol. The predicted molar refractivity (Wildman–Crippen MR) is 153 cm³/mol. The first-order valence-electron chi connectivity index (χ1n) is 12.9. The second kappa shape index (κ2) is 10.1. The van der Waals surface area contributed by atoms with Gasteiger partial charge in [0, 0.05) is 10.7 Å². The molecule has 9 heteroatoms. The summed E-state index contributed by atoms with van der Waals surface area (Å²) in [4.78, 5) is 13.6. The molecule has 3 aromatic rings. The van der Waals surface area contributed by atoms with Crippen LogP contribution in [0.3, 0.4) is 0 Å². The Morgan fingerprint density at radius 3 is 2.36 bits per heavy atom. The summed E-state index contributed by atoms with van der Waals surface area (Å²) < 4.78 is 39.3. The van der Waals surface area contributed by atoms with Crippen LogP contribution in [-0.4, -0.2) is 50.0 Å². The average Bonchev–Trinajstić information content (AvgIpc) is 3.59.